The van der Waals surface area contributed by atoms with Crippen LogP contribution in [0.5, 0.6) is 0 Å². The normalized spacial score (nSPS) is 10.4. The van der Waals surface area contributed by atoms with Crippen molar-refractivity contribution in [1.29, 1.82) is 0 Å². The number of rotatable bonds is 4. The molecule has 0 atom stereocenters. The first-order valence-electron chi connectivity index (χ1n) is 7.74. The molecule has 0 saturated carbocycles. The van der Waals surface area contributed by atoms with E-state index in [9.17, 15) is 9.18 Å². The average Bonchev–Trinajstić information content (AvgIpc) is 2.61. The average molecular weight is 336 g/mol. The first-order chi connectivity index (χ1) is 12.0. The van der Waals surface area contributed by atoms with Gasteiger partial charge in [0.25, 0.3) is 5.91 Å². The molecule has 1 amide bonds. The molecular formula is C19H17FN4O. The molecule has 2 aromatic carbocycles. The summed E-state index contributed by atoms with van der Waals surface area (Å²) in [5, 5.41) is 5.80. The Morgan fingerprint density at radius 2 is 1.68 bits per heavy atom. The van der Waals surface area contributed by atoms with Crippen molar-refractivity contribution < 1.29 is 9.18 Å². The number of benzene rings is 2. The summed E-state index contributed by atoms with van der Waals surface area (Å²) in [5.41, 5.74) is 3.82. The van der Waals surface area contributed by atoms with E-state index in [1.165, 1.54) is 24.5 Å². The van der Waals surface area contributed by atoms with Gasteiger partial charge in [0.2, 0.25) is 5.95 Å². The molecule has 6 heteroatoms. The molecule has 5 nitrogen and oxygen atoms in total. The molecular weight excluding hydrogens is 319 g/mol. The first kappa shape index (κ1) is 16.6. The maximum atomic E-state index is 12.9. The predicted octanol–water partition coefficient (Wildman–Crippen LogP) is 4.23. The Hall–Kier alpha value is -3.28. The minimum absolute atomic E-state index is 0.276. The minimum atomic E-state index is -0.315. The van der Waals surface area contributed by atoms with Crippen molar-refractivity contribution in [2.75, 3.05) is 10.6 Å². The van der Waals surface area contributed by atoms with E-state index in [4.69, 9.17) is 0 Å². The molecule has 0 aliphatic rings. The lowest BCUT2D eigenvalue weighted by Crippen LogP contribution is -2.14. The van der Waals surface area contributed by atoms with Gasteiger partial charge < -0.3 is 10.6 Å². The molecule has 0 bridgehead atoms. The number of carbonyl (C=O) groups is 1. The Morgan fingerprint density at radius 1 is 1.00 bits per heavy atom. The number of aryl methyl sites for hydroxylation is 2. The molecule has 0 fully saturated rings. The van der Waals surface area contributed by atoms with E-state index in [2.05, 4.69) is 20.6 Å². The summed E-state index contributed by atoms with van der Waals surface area (Å²) in [6.07, 6.45) is 2.89. The molecule has 25 heavy (non-hydrogen) atoms. The summed E-state index contributed by atoms with van der Waals surface area (Å²) in [6.45, 7) is 3.90. The third kappa shape index (κ3) is 4.17. The highest BCUT2D eigenvalue weighted by Gasteiger charge is 2.09. The van der Waals surface area contributed by atoms with Crippen LogP contribution in [-0.2, 0) is 0 Å². The molecule has 0 radical (unpaired) electrons. The molecule has 1 heterocycles. The minimum Gasteiger partial charge on any atom is -0.324 e. The van der Waals surface area contributed by atoms with E-state index < -0.39 is 0 Å². The topological polar surface area (TPSA) is 66.9 Å². The Balaban J connectivity index is 1.70. The van der Waals surface area contributed by atoms with E-state index in [1.54, 1.807) is 12.1 Å². The number of aromatic nitrogens is 2. The highest BCUT2D eigenvalue weighted by atomic mass is 19.1. The van der Waals surface area contributed by atoms with Gasteiger partial charge >= 0.3 is 0 Å². The molecule has 0 unspecified atom stereocenters. The molecule has 2 N–H and O–H groups in total. The number of amides is 1. The SMILES string of the molecule is Cc1ccc(C)c(NC(=O)c2cnc(Nc3ccc(F)cc3)nc2)c1. The summed E-state index contributed by atoms with van der Waals surface area (Å²) in [7, 11) is 0. The van der Waals surface area contributed by atoms with Crippen molar-refractivity contribution >= 4 is 23.2 Å². The van der Waals surface area contributed by atoms with Gasteiger partial charge in [0.05, 0.1) is 5.56 Å². The van der Waals surface area contributed by atoms with Gasteiger partial charge in [-0.3, -0.25) is 4.79 Å². The van der Waals surface area contributed by atoms with Crippen LogP contribution in [0, 0.1) is 19.7 Å². The van der Waals surface area contributed by atoms with Gasteiger partial charge in [-0.05, 0) is 55.3 Å². The van der Waals surface area contributed by atoms with Crippen LogP contribution in [0.15, 0.2) is 54.9 Å². The van der Waals surface area contributed by atoms with Crippen molar-refractivity contribution in [3.05, 3.63) is 77.4 Å². The van der Waals surface area contributed by atoms with Crippen LogP contribution >= 0.6 is 0 Å². The molecule has 0 spiro atoms. The third-order valence-corrected chi connectivity index (χ3v) is 3.66. The van der Waals surface area contributed by atoms with Crippen LogP contribution in [0.3, 0.4) is 0 Å². The summed E-state index contributed by atoms with van der Waals surface area (Å²) in [5.74, 6) is -0.262. The molecule has 3 rings (SSSR count). The molecule has 0 aliphatic carbocycles. The van der Waals surface area contributed by atoms with Gasteiger partial charge in [0.1, 0.15) is 5.82 Å². The Bertz CT molecular complexity index is 892. The summed E-state index contributed by atoms with van der Waals surface area (Å²) in [4.78, 5) is 20.6. The maximum absolute atomic E-state index is 12.9. The van der Waals surface area contributed by atoms with E-state index in [0.29, 0.717) is 17.2 Å². The van der Waals surface area contributed by atoms with Crippen LogP contribution < -0.4 is 10.6 Å². The van der Waals surface area contributed by atoms with Gasteiger partial charge in [-0.15, -0.1) is 0 Å². The zero-order valence-electron chi connectivity index (χ0n) is 13.9. The van der Waals surface area contributed by atoms with Crippen LogP contribution in [0.1, 0.15) is 21.5 Å². The lowest BCUT2D eigenvalue weighted by Gasteiger charge is -2.09. The fourth-order valence-electron chi connectivity index (χ4n) is 2.24. The second kappa shape index (κ2) is 7.09. The Morgan fingerprint density at radius 3 is 2.36 bits per heavy atom. The molecule has 3 aromatic rings. The second-order valence-electron chi connectivity index (χ2n) is 5.70. The molecule has 1 aromatic heterocycles. The predicted molar refractivity (Wildman–Crippen MR) is 95.6 cm³/mol. The number of anilines is 3. The van der Waals surface area contributed by atoms with Crippen molar-refractivity contribution in [2.24, 2.45) is 0 Å². The van der Waals surface area contributed by atoms with E-state index in [-0.39, 0.29) is 11.7 Å². The summed E-state index contributed by atoms with van der Waals surface area (Å²) < 4.78 is 12.9. The smallest absolute Gasteiger partial charge is 0.258 e. The van der Waals surface area contributed by atoms with Crippen molar-refractivity contribution in [2.45, 2.75) is 13.8 Å². The number of hydrogen-bond donors (Lipinski definition) is 2. The highest BCUT2D eigenvalue weighted by Crippen LogP contribution is 2.18. The van der Waals surface area contributed by atoms with Crippen molar-refractivity contribution in [3.8, 4) is 0 Å². The van der Waals surface area contributed by atoms with Gasteiger partial charge in [0.15, 0.2) is 0 Å². The molecule has 126 valence electrons. The number of nitrogens with one attached hydrogen (secondary N) is 2. The number of hydrogen-bond acceptors (Lipinski definition) is 4. The molecule has 0 aliphatic heterocycles. The number of halogens is 1. The standard InChI is InChI=1S/C19H17FN4O/c1-12-3-4-13(2)17(9-12)24-18(25)14-10-21-19(22-11-14)23-16-7-5-15(20)6-8-16/h3-11H,1-2H3,(H,24,25)(H,21,22,23). The van der Waals surface area contributed by atoms with E-state index >= 15 is 0 Å². The summed E-state index contributed by atoms with van der Waals surface area (Å²) in [6, 6.07) is 11.7. The third-order valence-electron chi connectivity index (χ3n) is 3.66. The Labute approximate surface area is 145 Å². The van der Waals surface area contributed by atoms with Gasteiger partial charge in [-0.1, -0.05) is 12.1 Å². The van der Waals surface area contributed by atoms with E-state index in [1.807, 2.05) is 32.0 Å². The second-order valence-corrected chi connectivity index (χ2v) is 5.70. The fraction of sp³-hybridized carbons (Fsp3) is 0.105. The quantitative estimate of drug-likeness (QED) is 0.748. The van der Waals surface area contributed by atoms with Crippen molar-refractivity contribution in [3.63, 3.8) is 0 Å². The first-order valence-corrected chi connectivity index (χ1v) is 7.74. The lowest BCUT2D eigenvalue weighted by atomic mass is 10.1. The highest BCUT2D eigenvalue weighted by molar-refractivity contribution is 6.04. The zero-order chi connectivity index (χ0) is 17.8. The lowest BCUT2D eigenvalue weighted by molar-refractivity contribution is 0.102. The van der Waals surface area contributed by atoms with Crippen LogP contribution in [0.25, 0.3) is 0 Å². The van der Waals surface area contributed by atoms with Crippen LogP contribution in [-0.4, -0.2) is 15.9 Å². The van der Waals surface area contributed by atoms with Crippen molar-refractivity contribution in [1.82, 2.24) is 9.97 Å². The van der Waals surface area contributed by atoms with Gasteiger partial charge in [0, 0.05) is 23.8 Å². The largest absolute Gasteiger partial charge is 0.324 e. The summed E-state index contributed by atoms with van der Waals surface area (Å²) >= 11 is 0. The maximum Gasteiger partial charge on any atom is 0.258 e. The van der Waals surface area contributed by atoms with Crippen LogP contribution in [0.2, 0.25) is 0 Å². The number of nitrogens with zero attached hydrogens (tertiary/aromatic N) is 2. The molecule has 0 saturated heterocycles. The monoisotopic (exact) mass is 336 g/mol. The van der Waals surface area contributed by atoms with Gasteiger partial charge in [-0.25, -0.2) is 14.4 Å². The fourth-order valence-corrected chi connectivity index (χ4v) is 2.24. The Kier molecular flexibility index (Phi) is 4.70. The zero-order valence-corrected chi connectivity index (χ0v) is 13.9. The number of carbonyl (C=O) groups excluding carboxylic acids is 1. The van der Waals surface area contributed by atoms with Crippen LogP contribution in [0.4, 0.5) is 21.7 Å². The van der Waals surface area contributed by atoms with Gasteiger partial charge in [-0.2, -0.15) is 0 Å². The van der Waals surface area contributed by atoms with E-state index in [0.717, 1.165) is 16.8 Å².